The Balaban J connectivity index is 1.91. The van der Waals surface area contributed by atoms with Gasteiger partial charge in [0.2, 0.25) is 0 Å². The van der Waals surface area contributed by atoms with Crippen LogP contribution in [-0.2, 0) is 20.7 Å². The van der Waals surface area contributed by atoms with Crippen molar-refractivity contribution < 1.29 is 19.1 Å². The summed E-state index contributed by atoms with van der Waals surface area (Å²) in [5.74, 6) is -0.331. The first kappa shape index (κ1) is 21.7. The van der Waals surface area contributed by atoms with E-state index in [1.54, 1.807) is 24.3 Å². The largest absolute Gasteiger partial charge is 0.495 e. The summed E-state index contributed by atoms with van der Waals surface area (Å²) in [6.07, 6.45) is 1.61. The maximum absolute atomic E-state index is 12.3. The van der Waals surface area contributed by atoms with Crippen LogP contribution in [0, 0.1) is 13.8 Å². The second kappa shape index (κ2) is 10.1. The molecule has 2 rings (SSSR count). The Morgan fingerprint density at radius 1 is 1.18 bits per heavy atom. The molecule has 0 aliphatic rings. The van der Waals surface area contributed by atoms with Crippen molar-refractivity contribution in [2.24, 2.45) is 0 Å². The van der Waals surface area contributed by atoms with Crippen molar-refractivity contribution >= 4 is 29.3 Å². The van der Waals surface area contributed by atoms with Crippen LogP contribution in [0.2, 0.25) is 0 Å². The van der Waals surface area contributed by atoms with E-state index in [9.17, 15) is 9.59 Å². The van der Waals surface area contributed by atoms with E-state index < -0.39 is 18.0 Å². The summed E-state index contributed by atoms with van der Waals surface area (Å²) in [5.41, 5.74) is 3.16. The first-order chi connectivity index (χ1) is 13.3. The Morgan fingerprint density at radius 3 is 2.43 bits per heavy atom. The molecule has 0 unspecified atom stereocenters. The highest BCUT2D eigenvalue weighted by molar-refractivity contribution is 7.98. The molecule has 150 valence electrons. The minimum atomic E-state index is -0.922. The van der Waals surface area contributed by atoms with Crippen molar-refractivity contribution in [2.75, 3.05) is 18.7 Å². The summed E-state index contributed by atoms with van der Waals surface area (Å²) in [5, 5.41) is 3.42. The number of nitrogens with zero attached hydrogens (tertiary/aromatic N) is 2. The molecule has 7 nitrogen and oxygen atoms in total. The molecule has 1 aromatic heterocycles. The molecule has 1 atom stereocenters. The highest BCUT2D eigenvalue weighted by atomic mass is 32.2. The standard InChI is InChI=1S/C20H25N3O4S/c1-12-15(13(2)22-20(21-12)28-5)10-11-18(24)27-14(3)19(25)23-16-8-6-7-9-17(16)26-4/h6-9,14H,10-11H2,1-5H3,(H,23,25)/t14-/m1/s1. The van der Waals surface area contributed by atoms with Crippen molar-refractivity contribution in [1.82, 2.24) is 9.97 Å². The second-order valence-electron chi connectivity index (χ2n) is 6.18. The van der Waals surface area contributed by atoms with Crippen LogP contribution in [-0.4, -0.2) is 41.3 Å². The van der Waals surface area contributed by atoms with Crippen molar-refractivity contribution in [3.8, 4) is 5.75 Å². The van der Waals surface area contributed by atoms with Gasteiger partial charge in [-0.3, -0.25) is 9.59 Å². The number of hydrogen-bond donors (Lipinski definition) is 1. The Morgan fingerprint density at radius 2 is 1.82 bits per heavy atom. The number of thioether (sulfide) groups is 1. The van der Waals surface area contributed by atoms with Gasteiger partial charge in [0.1, 0.15) is 5.75 Å². The lowest BCUT2D eigenvalue weighted by atomic mass is 10.1. The number of hydrogen-bond acceptors (Lipinski definition) is 7. The third kappa shape index (κ3) is 5.69. The van der Waals surface area contributed by atoms with Crippen LogP contribution in [0.3, 0.4) is 0 Å². The smallest absolute Gasteiger partial charge is 0.306 e. The minimum Gasteiger partial charge on any atom is -0.495 e. The zero-order chi connectivity index (χ0) is 20.7. The number of anilines is 1. The van der Waals surface area contributed by atoms with Gasteiger partial charge in [0.05, 0.1) is 12.8 Å². The zero-order valence-electron chi connectivity index (χ0n) is 16.7. The van der Waals surface area contributed by atoms with Crippen molar-refractivity contribution in [3.63, 3.8) is 0 Å². The Kier molecular flexibility index (Phi) is 7.80. The average Bonchev–Trinajstić information content (AvgIpc) is 2.67. The van der Waals surface area contributed by atoms with Crippen molar-refractivity contribution in [1.29, 1.82) is 0 Å². The number of ether oxygens (including phenoxy) is 2. The van der Waals surface area contributed by atoms with Gasteiger partial charge in [-0.1, -0.05) is 23.9 Å². The summed E-state index contributed by atoms with van der Waals surface area (Å²) in [7, 11) is 1.52. The maximum atomic E-state index is 12.3. The predicted octanol–water partition coefficient (Wildman–Crippen LogP) is 3.33. The van der Waals surface area contributed by atoms with Gasteiger partial charge in [0.15, 0.2) is 11.3 Å². The summed E-state index contributed by atoms with van der Waals surface area (Å²) < 4.78 is 10.5. The van der Waals surface area contributed by atoms with Gasteiger partial charge in [-0.15, -0.1) is 0 Å². The van der Waals surface area contributed by atoms with Crippen LogP contribution in [0.15, 0.2) is 29.4 Å². The Hall–Kier alpha value is -2.61. The van der Waals surface area contributed by atoms with Crippen LogP contribution in [0.1, 0.15) is 30.3 Å². The molecule has 2 aromatic rings. The first-order valence-electron chi connectivity index (χ1n) is 8.87. The van der Waals surface area contributed by atoms with Gasteiger partial charge in [-0.2, -0.15) is 0 Å². The van der Waals surface area contributed by atoms with Crippen LogP contribution in [0.25, 0.3) is 0 Å². The number of esters is 1. The summed E-state index contributed by atoms with van der Waals surface area (Å²) in [6, 6.07) is 7.04. The molecule has 0 spiro atoms. The van der Waals surface area contributed by atoms with E-state index in [2.05, 4.69) is 15.3 Å². The molecule has 0 bridgehead atoms. The second-order valence-corrected chi connectivity index (χ2v) is 6.95. The van der Waals surface area contributed by atoms with Crippen LogP contribution in [0.5, 0.6) is 5.75 Å². The number of methoxy groups -OCH3 is 1. The molecule has 0 saturated carbocycles. The topological polar surface area (TPSA) is 90.4 Å². The molecule has 8 heteroatoms. The van der Waals surface area contributed by atoms with Crippen molar-refractivity contribution in [3.05, 3.63) is 41.2 Å². The third-order valence-corrected chi connectivity index (χ3v) is 4.75. The number of benzene rings is 1. The quantitative estimate of drug-likeness (QED) is 0.411. The number of carbonyl (C=O) groups excluding carboxylic acids is 2. The fourth-order valence-corrected chi connectivity index (χ4v) is 3.14. The lowest BCUT2D eigenvalue weighted by Gasteiger charge is -2.15. The molecular formula is C20H25N3O4S. The first-order valence-corrected chi connectivity index (χ1v) is 10.1. The van der Waals surface area contributed by atoms with Gasteiger partial charge in [-0.25, -0.2) is 9.97 Å². The number of carbonyl (C=O) groups is 2. The average molecular weight is 404 g/mol. The maximum Gasteiger partial charge on any atom is 0.306 e. The number of para-hydroxylation sites is 2. The highest BCUT2D eigenvalue weighted by Gasteiger charge is 2.20. The van der Waals surface area contributed by atoms with Gasteiger partial charge in [0.25, 0.3) is 5.91 Å². The summed E-state index contributed by atoms with van der Waals surface area (Å²) in [4.78, 5) is 33.3. The van der Waals surface area contributed by atoms with E-state index in [1.807, 2.05) is 20.1 Å². The SMILES string of the molecule is COc1ccccc1NC(=O)[C@@H](C)OC(=O)CCc1c(C)nc(SC)nc1C. The molecule has 0 aliphatic heterocycles. The minimum absolute atomic E-state index is 0.149. The molecule has 0 aliphatic carbocycles. The van der Waals surface area contributed by atoms with E-state index in [0.717, 1.165) is 17.0 Å². The van der Waals surface area contributed by atoms with E-state index in [4.69, 9.17) is 9.47 Å². The van der Waals surface area contributed by atoms with E-state index in [-0.39, 0.29) is 6.42 Å². The third-order valence-electron chi connectivity index (χ3n) is 4.20. The normalized spacial score (nSPS) is 11.6. The molecule has 1 aromatic carbocycles. The molecule has 1 heterocycles. The highest BCUT2D eigenvalue weighted by Crippen LogP contribution is 2.23. The number of aromatic nitrogens is 2. The molecule has 0 radical (unpaired) electrons. The summed E-state index contributed by atoms with van der Waals surface area (Å²) >= 11 is 1.48. The zero-order valence-corrected chi connectivity index (χ0v) is 17.6. The monoisotopic (exact) mass is 403 g/mol. The fraction of sp³-hybridized carbons (Fsp3) is 0.400. The van der Waals surface area contributed by atoms with Crippen LogP contribution >= 0.6 is 11.8 Å². The predicted molar refractivity (Wildman–Crippen MR) is 109 cm³/mol. The van der Waals surface area contributed by atoms with E-state index in [1.165, 1.54) is 25.8 Å². The van der Waals surface area contributed by atoms with Crippen molar-refractivity contribution in [2.45, 2.75) is 44.9 Å². The van der Waals surface area contributed by atoms with Gasteiger partial charge in [0, 0.05) is 17.8 Å². The number of nitrogens with one attached hydrogen (secondary N) is 1. The Labute approximate surface area is 169 Å². The van der Waals surface area contributed by atoms with Gasteiger partial charge < -0.3 is 14.8 Å². The van der Waals surface area contributed by atoms with Gasteiger partial charge >= 0.3 is 5.97 Å². The molecule has 0 fully saturated rings. The van der Waals surface area contributed by atoms with Gasteiger partial charge in [-0.05, 0) is 51.1 Å². The van der Waals surface area contributed by atoms with E-state index >= 15 is 0 Å². The summed E-state index contributed by atoms with van der Waals surface area (Å²) in [6.45, 7) is 5.34. The molecule has 0 saturated heterocycles. The molecule has 1 amide bonds. The van der Waals surface area contributed by atoms with Crippen LogP contribution in [0.4, 0.5) is 5.69 Å². The fourth-order valence-electron chi connectivity index (χ4n) is 2.68. The molecular weight excluding hydrogens is 378 g/mol. The Bertz CT molecular complexity index is 834. The number of aryl methyl sites for hydroxylation is 2. The molecule has 1 N–H and O–H groups in total. The number of rotatable bonds is 8. The van der Waals surface area contributed by atoms with Crippen LogP contribution < -0.4 is 10.1 Å². The number of amides is 1. The lowest BCUT2D eigenvalue weighted by Crippen LogP contribution is -2.30. The lowest BCUT2D eigenvalue weighted by molar-refractivity contribution is -0.153. The molecule has 28 heavy (non-hydrogen) atoms. The van der Waals surface area contributed by atoms with E-state index in [0.29, 0.717) is 23.0 Å².